The molecule has 0 spiro atoms. The molecule has 1 aliphatic heterocycles. The Morgan fingerprint density at radius 1 is 1.14 bits per heavy atom. The Bertz CT molecular complexity index is 785. The molecule has 6 heteroatoms. The zero-order valence-corrected chi connectivity index (χ0v) is 12.1. The number of benzene rings is 2. The average Bonchev–Trinajstić information content (AvgIpc) is 2.84. The molecule has 0 unspecified atom stereocenters. The number of amides is 1. The molecule has 2 aromatic rings. The number of hydrogen-bond donors (Lipinski definition) is 2. The maximum absolute atomic E-state index is 12.8. The minimum atomic E-state index is -0.341. The fourth-order valence-electron chi connectivity index (χ4n) is 1.86. The number of para-hydroxylation sites is 1. The van der Waals surface area contributed by atoms with E-state index in [0.717, 1.165) is 0 Å². The van der Waals surface area contributed by atoms with Gasteiger partial charge in [-0.2, -0.15) is 0 Å². The molecule has 2 aromatic carbocycles. The lowest BCUT2D eigenvalue weighted by molar-refractivity contribution is -0.115. The monoisotopic (exact) mass is 314 g/mol. The molecule has 0 atom stereocenters. The summed E-state index contributed by atoms with van der Waals surface area (Å²) in [6, 6.07) is 12.4. The second kappa shape index (κ2) is 6.03. The maximum Gasteiger partial charge on any atom is 0.264 e. The lowest BCUT2D eigenvalue weighted by Gasteiger charge is -1.98. The Balaban J connectivity index is 1.84. The van der Waals surface area contributed by atoms with Crippen molar-refractivity contribution in [1.29, 1.82) is 0 Å². The van der Waals surface area contributed by atoms with Crippen molar-refractivity contribution in [1.82, 2.24) is 5.32 Å². The molecule has 1 aliphatic rings. The second-order valence-electron chi connectivity index (χ2n) is 4.52. The Labute approximate surface area is 130 Å². The van der Waals surface area contributed by atoms with Crippen molar-refractivity contribution in [2.75, 3.05) is 0 Å². The normalized spacial score (nSPS) is 18.0. The molecule has 0 bridgehead atoms. The molecule has 0 aromatic heterocycles. The summed E-state index contributed by atoms with van der Waals surface area (Å²) < 4.78 is 12.8. The van der Waals surface area contributed by atoms with Crippen molar-refractivity contribution in [2.24, 2.45) is 4.99 Å². The molecule has 0 saturated carbocycles. The van der Waals surface area contributed by atoms with Crippen LogP contribution in [0, 0.1) is 5.82 Å². The summed E-state index contributed by atoms with van der Waals surface area (Å²) in [7, 11) is 0. The zero-order valence-electron chi connectivity index (χ0n) is 11.3. The first kappa shape index (κ1) is 14.3. The number of nitrogens with zero attached hydrogens (tertiary/aromatic N) is 1. The summed E-state index contributed by atoms with van der Waals surface area (Å²) >= 11 is 1.17. The summed E-state index contributed by atoms with van der Waals surface area (Å²) in [5, 5.41) is 12.8. The van der Waals surface area contributed by atoms with Crippen LogP contribution in [0.3, 0.4) is 0 Å². The van der Waals surface area contributed by atoms with Gasteiger partial charge >= 0.3 is 0 Å². The molecule has 1 fully saturated rings. The molecule has 4 nitrogen and oxygen atoms in total. The van der Waals surface area contributed by atoms with Gasteiger partial charge in [-0.15, -0.1) is 0 Å². The van der Waals surface area contributed by atoms with Gasteiger partial charge in [0.15, 0.2) is 5.17 Å². The van der Waals surface area contributed by atoms with E-state index in [1.54, 1.807) is 30.3 Å². The fourth-order valence-corrected chi connectivity index (χ4v) is 2.70. The van der Waals surface area contributed by atoms with E-state index in [9.17, 15) is 14.3 Å². The number of hydrogen-bond acceptors (Lipinski definition) is 4. The first-order chi connectivity index (χ1) is 10.6. The zero-order chi connectivity index (χ0) is 15.5. The molecule has 110 valence electrons. The van der Waals surface area contributed by atoms with E-state index in [1.807, 2.05) is 0 Å². The molecule has 2 N–H and O–H groups in total. The second-order valence-corrected chi connectivity index (χ2v) is 5.55. The third kappa shape index (κ3) is 3.17. The first-order valence-corrected chi connectivity index (χ1v) is 7.26. The van der Waals surface area contributed by atoms with Crippen molar-refractivity contribution in [3.8, 4) is 5.75 Å². The quantitative estimate of drug-likeness (QED) is 0.835. The van der Waals surface area contributed by atoms with E-state index in [2.05, 4.69) is 10.3 Å². The van der Waals surface area contributed by atoms with Gasteiger partial charge in [-0.3, -0.25) is 4.79 Å². The third-order valence-corrected chi connectivity index (χ3v) is 3.84. The van der Waals surface area contributed by atoms with Gasteiger partial charge in [-0.05, 0) is 48.2 Å². The van der Waals surface area contributed by atoms with Crippen molar-refractivity contribution in [3.63, 3.8) is 0 Å². The minimum absolute atomic E-state index is 0.104. The Morgan fingerprint density at radius 3 is 2.59 bits per heavy atom. The number of carbonyl (C=O) groups is 1. The van der Waals surface area contributed by atoms with Crippen LogP contribution in [-0.4, -0.2) is 16.2 Å². The first-order valence-electron chi connectivity index (χ1n) is 6.45. The molecule has 0 aliphatic carbocycles. The highest BCUT2D eigenvalue weighted by molar-refractivity contribution is 8.18. The van der Waals surface area contributed by atoms with Crippen LogP contribution in [0.1, 0.15) is 5.56 Å². The van der Waals surface area contributed by atoms with Crippen LogP contribution in [0.4, 0.5) is 10.1 Å². The molecule has 22 heavy (non-hydrogen) atoms. The van der Waals surface area contributed by atoms with Crippen molar-refractivity contribution >= 4 is 34.6 Å². The molecular formula is C16H11FN2O2S. The van der Waals surface area contributed by atoms with Crippen LogP contribution < -0.4 is 5.32 Å². The highest BCUT2D eigenvalue weighted by Crippen LogP contribution is 2.30. The van der Waals surface area contributed by atoms with Crippen molar-refractivity contribution < 1.29 is 14.3 Å². The van der Waals surface area contributed by atoms with E-state index in [4.69, 9.17) is 0 Å². The number of amidine groups is 1. The molecule has 0 radical (unpaired) electrons. The molecular weight excluding hydrogens is 303 g/mol. The van der Waals surface area contributed by atoms with Crippen molar-refractivity contribution in [2.45, 2.75) is 0 Å². The molecule has 3 rings (SSSR count). The lowest BCUT2D eigenvalue weighted by atomic mass is 10.2. The average molecular weight is 314 g/mol. The Hall–Kier alpha value is -2.60. The predicted octanol–water partition coefficient (Wildman–Crippen LogP) is 3.42. The number of aromatic hydroxyl groups is 1. The standard InChI is InChI=1S/C16H11FN2O2S/c17-11-5-7-12(8-6-11)18-16-19-15(21)14(22-16)9-10-3-1-2-4-13(10)20/h1-9,20H,(H,18,19,21)/b14-9+. The molecule has 1 saturated heterocycles. The summed E-state index contributed by atoms with van der Waals surface area (Å²) in [6.45, 7) is 0. The van der Waals surface area contributed by atoms with E-state index in [-0.39, 0.29) is 17.5 Å². The third-order valence-electron chi connectivity index (χ3n) is 2.93. The number of thioether (sulfide) groups is 1. The molecule has 1 amide bonds. The highest BCUT2D eigenvalue weighted by atomic mass is 32.2. The largest absolute Gasteiger partial charge is 0.507 e. The Morgan fingerprint density at radius 2 is 1.86 bits per heavy atom. The van der Waals surface area contributed by atoms with Gasteiger partial charge in [-0.1, -0.05) is 18.2 Å². The van der Waals surface area contributed by atoms with E-state index < -0.39 is 0 Å². The van der Waals surface area contributed by atoms with Gasteiger partial charge in [0.05, 0.1) is 10.6 Å². The SMILES string of the molecule is O=C1NC(=Nc2ccc(F)cc2)S/C1=C/c1ccccc1O. The van der Waals surface area contributed by atoms with Gasteiger partial charge in [0, 0.05) is 5.56 Å². The predicted molar refractivity (Wildman–Crippen MR) is 85.3 cm³/mol. The summed E-state index contributed by atoms with van der Waals surface area (Å²) in [6.07, 6.45) is 1.60. The van der Waals surface area contributed by atoms with Gasteiger partial charge < -0.3 is 10.4 Å². The van der Waals surface area contributed by atoms with E-state index in [0.29, 0.717) is 21.3 Å². The van der Waals surface area contributed by atoms with E-state index in [1.165, 1.54) is 36.0 Å². The maximum atomic E-state index is 12.8. The topological polar surface area (TPSA) is 61.7 Å². The Kier molecular flexibility index (Phi) is 3.93. The van der Waals surface area contributed by atoms with Crippen LogP contribution in [0.5, 0.6) is 5.75 Å². The van der Waals surface area contributed by atoms with Crippen LogP contribution in [0.15, 0.2) is 58.4 Å². The summed E-state index contributed by atoms with van der Waals surface area (Å²) in [5.74, 6) is -0.520. The lowest BCUT2D eigenvalue weighted by Crippen LogP contribution is -2.19. The number of phenols is 1. The van der Waals surface area contributed by atoms with Crippen LogP contribution in [0.25, 0.3) is 6.08 Å². The van der Waals surface area contributed by atoms with E-state index >= 15 is 0 Å². The summed E-state index contributed by atoms with van der Waals surface area (Å²) in [4.78, 5) is 16.6. The van der Waals surface area contributed by atoms with Crippen LogP contribution in [-0.2, 0) is 4.79 Å². The van der Waals surface area contributed by atoms with Gasteiger partial charge in [0.1, 0.15) is 11.6 Å². The fraction of sp³-hybridized carbons (Fsp3) is 0. The smallest absolute Gasteiger partial charge is 0.264 e. The van der Waals surface area contributed by atoms with Gasteiger partial charge in [-0.25, -0.2) is 9.38 Å². The minimum Gasteiger partial charge on any atom is -0.507 e. The van der Waals surface area contributed by atoms with Crippen molar-refractivity contribution in [3.05, 3.63) is 64.8 Å². The van der Waals surface area contributed by atoms with Crippen LogP contribution in [0.2, 0.25) is 0 Å². The number of phenolic OH excluding ortho intramolecular Hbond substituents is 1. The van der Waals surface area contributed by atoms with Crippen LogP contribution >= 0.6 is 11.8 Å². The number of halogens is 1. The number of carbonyl (C=O) groups excluding carboxylic acids is 1. The highest BCUT2D eigenvalue weighted by Gasteiger charge is 2.24. The number of rotatable bonds is 2. The number of aliphatic imine (C=N–C) groups is 1. The summed E-state index contributed by atoms with van der Waals surface area (Å²) in [5.41, 5.74) is 1.11. The number of nitrogens with one attached hydrogen (secondary N) is 1. The van der Waals surface area contributed by atoms with Gasteiger partial charge in [0.25, 0.3) is 5.91 Å². The molecule has 1 heterocycles. The van der Waals surface area contributed by atoms with Gasteiger partial charge in [0.2, 0.25) is 0 Å².